The number of rotatable bonds is 7. The molecular weight excluding hydrogens is 402 g/mol. The zero-order chi connectivity index (χ0) is 21.5. The first-order valence-electron chi connectivity index (χ1n) is 10.9. The number of unbranched alkanes of at least 4 members (excludes halogenated alkanes) is 3. The van der Waals surface area contributed by atoms with Crippen molar-refractivity contribution in [1.29, 1.82) is 0 Å². The van der Waals surface area contributed by atoms with Gasteiger partial charge in [-0.2, -0.15) is 0 Å². The highest BCUT2D eigenvalue weighted by molar-refractivity contribution is 7.89. The van der Waals surface area contributed by atoms with Gasteiger partial charge in [-0.15, -0.1) is 0 Å². The number of sulfonamides is 1. The van der Waals surface area contributed by atoms with E-state index in [0.29, 0.717) is 30.6 Å². The lowest BCUT2D eigenvalue weighted by Gasteiger charge is -2.44. The summed E-state index contributed by atoms with van der Waals surface area (Å²) in [5.74, 6) is -0.847. The zero-order valence-corrected chi connectivity index (χ0v) is 18.4. The van der Waals surface area contributed by atoms with Crippen LogP contribution in [-0.2, 0) is 24.3 Å². The molecule has 1 amide bonds. The van der Waals surface area contributed by atoms with Crippen LogP contribution in [0, 0.1) is 18.8 Å². The van der Waals surface area contributed by atoms with Crippen LogP contribution in [0.1, 0.15) is 51.0 Å². The third kappa shape index (κ3) is 3.52. The fourth-order valence-electron chi connectivity index (χ4n) is 5.07. The molecule has 2 aliphatic heterocycles. The van der Waals surface area contributed by atoms with Gasteiger partial charge in [0.1, 0.15) is 0 Å². The molecule has 4 rings (SSSR count). The minimum absolute atomic E-state index is 0.00766. The Morgan fingerprint density at radius 3 is 2.50 bits per heavy atom. The van der Waals surface area contributed by atoms with Crippen LogP contribution in [0.5, 0.6) is 0 Å². The molecule has 0 radical (unpaired) electrons. The molecule has 1 saturated heterocycles. The molecule has 6 nitrogen and oxygen atoms in total. The van der Waals surface area contributed by atoms with Crippen LogP contribution in [-0.4, -0.2) is 43.7 Å². The highest BCUT2D eigenvalue weighted by Crippen LogP contribution is 2.48. The van der Waals surface area contributed by atoms with E-state index in [1.54, 1.807) is 24.3 Å². The normalized spacial score (nSPS) is 26.3. The maximum Gasteiger partial charge on any atom is 0.267 e. The molecule has 162 valence electrons. The maximum absolute atomic E-state index is 13.5. The SMILES string of the molecule is CCCCCCC1=C2C(=O)C[C@H]3COC[C@H]([C@@H]23)N(S(=O)(=O)c2ccc(C)cc2)C1=O. The van der Waals surface area contributed by atoms with E-state index in [1.165, 1.54) is 0 Å². The second-order valence-corrected chi connectivity index (χ2v) is 10.5. The van der Waals surface area contributed by atoms with Crippen molar-refractivity contribution >= 4 is 21.7 Å². The van der Waals surface area contributed by atoms with Crippen molar-refractivity contribution in [2.75, 3.05) is 13.2 Å². The van der Waals surface area contributed by atoms with E-state index in [4.69, 9.17) is 4.74 Å². The molecule has 3 aliphatic rings. The average molecular weight is 432 g/mol. The van der Waals surface area contributed by atoms with Crippen LogP contribution in [0.25, 0.3) is 0 Å². The van der Waals surface area contributed by atoms with E-state index >= 15 is 0 Å². The first-order chi connectivity index (χ1) is 14.4. The van der Waals surface area contributed by atoms with E-state index in [9.17, 15) is 18.0 Å². The summed E-state index contributed by atoms with van der Waals surface area (Å²) in [7, 11) is -4.04. The Morgan fingerprint density at radius 2 is 1.80 bits per heavy atom. The van der Waals surface area contributed by atoms with Crippen LogP contribution >= 0.6 is 0 Å². The van der Waals surface area contributed by atoms with Crippen molar-refractivity contribution in [2.45, 2.75) is 63.3 Å². The fraction of sp³-hybridized carbons (Fsp3) is 0.565. The molecule has 1 aliphatic carbocycles. The molecule has 0 bridgehead atoms. The van der Waals surface area contributed by atoms with Gasteiger partial charge in [0.2, 0.25) is 0 Å². The molecule has 0 unspecified atom stereocenters. The quantitative estimate of drug-likeness (QED) is 0.618. The van der Waals surface area contributed by atoms with Crippen molar-refractivity contribution in [3.05, 3.63) is 41.0 Å². The summed E-state index contributed by atoms with van der Waals surface area (Å²) >= 11 is 0. The summed E-state index contributed by atoms with van der Waals surface area (Å²) < 4.78 is 33.8. The van der Waals surface area contributed by atoms with E-state index in [0.717, 1.165) is 35.6 Å². The van der Waals surface area contributed by atoms with Gasteiger partial charge < -0.3 is 4.74 Å². The number of ether oxygens (including phenoxy) is 1. The van der Waals surface area contributed by atoms with Gasteiger partial charge in [0.05, 0.1) is 24.2 Å². The van der Waals surface area contributed by atoms with Gasteiger partial charge in [-0.3, -0.25) is 9.59 Å². The molecule has 0 aromatic heterocycles. The third-order valence-electron chi connectivity index (χ3n) is 6.57. The smallest absolute Gasteiger partial charge is 0.267 e. The summed E-state index contributed by atoms with van der Waals surface area (Å²) in [4.78, 5) is 26.5. The van der Waals surface area contributed by atoms with Gasteiger partial charge in [0.25, 0.3) is 15.9 Å². The second kappa shape index (κ2) is 8.27. The first kappa shape index (κ1) is 21.2. The first-order valence-corrected chi connectivity index (χ1v) is 12.3. The molecule has 2 heterocycles. The molecule has 1 aromatic rings. The lowest BCUT2D eigenvalue weighted by Crippen LogP contribution is -2.57. The van der Waals surface area contributed by atoms with E-state index < -0.39 is 22.0 Å². The third-order valence-corrected chi connectivity index (χ3v) is 8.39. The largest absolute Gasteiger partial charge is 0.379 e. The predicted molar refractivity (Wildman–Crippen MR) is 112 cm³/mol. The van der Waals surface area contributed by atoms with E-state index in [-0.39, 0.29) is 29.1 Å². The highest BCUT2D eigenvalue weighted by atomic mass is 32.2. The molecule has 0 spiro atoms. The van der Waals surface area contributed by atoms with Gasteiger partial charge in [-0.25, -0.2) is 12.7 Å². The summed E-state index contributed by atoms with van der Waals surface area (Å²) in [6.45, 7) is 4.57. The molecule has 30 heavy (non-hydrogen) atoms. The van der Waals surface area contributed by atoms with Gasteiger partial charge in [-0.1, -0.05) is 43.9 Å². The Morgan fingerprint density at radius 1 is 1.07 bits per heavy atom. The monoisotopic (exact) mass is 431 g/mol. The lowest BCUT2D eigenvalue weighted by molar-refractivity contribution is -0.130. The number of amides is 1. The number of ketones is 1. The summed E-state index contributed by atoms with van der Waals surface area (Å²) in [6.07, 6.45) is 4.65. The van der Waals surface area contributed by atoms with Crippen LogP contribution in [0.3, 0.4) is 0 Å². The molecule has 1 aromatic carbocycles. The van der Waals surface area contributed by atoms with Gasteiger partial charge in [0.15, 0.2) is 5.78 Å². The van der Waals surface area contributed by atoms with Crippen LogP contribution in [0.4, 0.5) is 0 Å². The molecular formula is C23H29NO5S. The number of Topliss-reactive ketones (excluding diaryl/α,β-unsaturated/α-hetero) is 1. The zero-order valence-electron chi connectivity index (χ0n) is 17.6. The van der Waals surface area contributed by atoms with Crippen LogP contribution in [0.15, 0.2) is 40.3 Å². The Balaban J connectivity index is 1.77. The van der Waals surface area contributed by atoms with Crippen molar-refractivity contribution in [3.63, 3.8) is 0 Å². The van der Waals surface area contributed by atoms with Crippen molar-refractivity contribution in [2.24, 2.45) is 11.8 Å². The van der Waals surface area contributed by atoms with Gasteiger partial charge in [0, 0.05) is 23.5 Å². The highest BCUT2D eigenvalue weighted by Gasteiger charge is 2.56. The van der Waals surface area contributed by atoms with Crippen molar-refractivity contribution < 1.29 is 22.7 Å². The standard InChI is InChI=1S/C23H29NO5S/c1-3-4-5-6-7-18-22-20(25)12-16-13-29-14-19(21(16)22)24(23(18)26)30(27,28)17-10-8-15(2)9-11-17/h8-11,16,19,21H,3-7,12-14H2,1-2H3/t16-,19+,21-/m0/s1. The Labute approximate surface area is 178 Å². The average Bonchev–Trinajstić information content (AvgIpc) is 3.05. The Hall–Kier alpha value is -1.99. The number of carbonyl (C=O) groups is 2. The molecule has 1 saturated carbocycles. The fourth-order valence-corrected chi connectivity index (χ4v) is 6.66. The number of aryl methyl sites for hydroxylation is 1. The van der Waals surface area contributed by atoms with Crippen LogP contribution < -0.4 is 0 Å². The van der Waals surface area contributed by atoms with Crippen molar-refractivity contribution in [3.8, 4) is 0 Å². The summed E-state index contributed by atoms with van der Waals surface area (Å²) in [6, 6.07) is 5.89. The lowest BCUT2D eigenvalue weighted by atomic mass is 9.79. The van der Waals surface area contributed by atoms with E-state index in [1.807, 2.05) is 6.92 Å². The van der Waals surface area contributed by atoms with E-state index in [2.05, 4.69) is 6.92 Å². The molecule has 3 atom stereocenters. The number of carbonyl (C=O) groups excluding carboxylic acids is 2. The number of hydrogen-bond acceptors (Lipinski definition) is 5. The number of benzene rings is 1. The van der Waals surface area contributed by atoms with Gasteiger partial charge >= 0.3 is 0 Å². The maximum atomic E-state index is 13.5. The molecule has 2 fully saturated rings. The number of nitrogens with zero attached hydrogens (tertiary/aromatic N) is 1. The van der Waals surface area contributed by atoms with Crippen molar-refractivity contribution in [1.82, 2.24) is 4.31 Å². The second-order valence-electron chi connectivity index (χ2n) is 8.64. The summed E-state index contributed by atoms with van der Waals surface area (Å²) in [5.41, 5.74) is 1.95. The Kier molecular flexibility index (Phi) is 5.86. The predicted octanol–water partition coefficient (Wildman–Crippen LogP) is 3.40. The summed E-state index contributed by atoms with van der Waals surface area (Å²) in [5, 5.41) is 0. The number of hydrogen-bond donors (Lipinski definition) is 0. The topological polar surface area (TPSA) is 80.8 Å². The molecule has 0 N–H and O–H groups in total. The molecule has 7 heteroatoms. The van der Waals surface area contributed by atoms with Crippen LogP contribution in [0.2, 0.25) is 0 Å². The van der Waals surface area contributed by atoms with Gasteiger partial charge in [-0.05, 0) is 37.8 Å². The minimum Gasteiger partial charge on any atom is -0.379 e. The Bertz CT molecular complexity index is 979. The minimum atomic E-state index is -4.04.